The van der Waals surface area contributed by atoms with E-state index in [0.29, 0.717) is 5.56 Å². The standard InChI is InChI=1S/C11H16FNO2/c1-11(12,7-13-2)8-5-4-6-9(14)10(8)15-3/h4-6,13-14H,7H2,1-3H3. The van der Waals surface area contributed by atoms with Crippen LogP contribution < -0.4 is 10.1 Å². The van der Waals surface area contributed by atoms with Crippen LogP contribution in [0.3, 0.4) is 0 Å². The molecule has 1 atom stereocenters. The molecule has 0 heterocycles. The Labute approximate surface area is 88.9 Å². The number of aromatic hydroxyl groups is 1. The second-order valence-corrected chi connectivity index (χ2v) is 3.59. The molecule has 0 saturated heterocycles. The maximum atomic E-state index is 14.2. The Bertz CT molecular complexity index is 339. The van der Waals surface area contributed by atoms with Gasteiger partial charge < -0.3 is 15.2 Å². The van der Waals surface area contributed by atoms with E-state index in [0.717, 1.165) is 0 Å². The van der Waals surface area contributed by atoms with Gasteiger partial charge in [0.25, 0.3) is 0 Å². The maximum absolute atomic E-state index is 14.2. The van der Waals surface area contributed by atoms with E-state index in [1.165, 1.54) is 20.1 Å². The lowest BCUT2D eigenvalue weighted by Crippen LogP contribution is -2.29. The van der Waals surface area contributed by atoms with Crippen molar-refractivity contribution in [1.82, 2.24) is 5.32 Å². The molecular formula is C11H16FNO2. The van der Waals surface area contributed by atoms with E-state index in [9.17, 15) is 9.50 Å². The molecule has 0 radical (unpaired) electrons. The summed E-state index contributed by atoms with van der Waals surface area (Å²) in [5, 5.41) is 12.3. The smallest absolute Gasteiger partial charge is 0.166 e. The fourth-order valence-corrected chi connectivity index (χ4v) is 1.58. The number of para-hydroxylation sites is 1. The molecule has 1 unspecified atom stereocenters. The predicted molar refractivity (Wildman–Crippen MR) is 57.0 cm³/mol. The van der Waals surface area contributed by atoms with Gasteiger partial charge in [0.2, 0.25) is 0 Å². The average Bonchev–Trinajstić information content (AvgIpc) is 2.17. The molecule has 0 fully saturated rings. The lowest BCUT2D eigenvalue weighted by molar-refractivity contribution is 0.183. The van der Waals surface area contributed by atoms with Crippen LogP contribution in [0.25, 0.3) is 0 Å². The Hall–Kier alpha value is -1.29. The van der Waals surface area contributed by atoms with Gasteiger partial charge in [0.05, 0.1) is 7.11 Å². The van der Waals surface area contributed by atoms with Crippen molar-refractivity contribution in [3.8, 4) is 11.5 Å². The van der Waals surface area contributed by atoms with Crippen LogP contribution in [0.2, 0.25) is 0 Å². The minimum Gasteiger partial charge on any atom is -0.504 e. The molecule has 0 spiro atoms. The molecule has 0 amide bonds. The van der Waals surface area contributed by atoms with E-state index in [1.807, 2.05) is 0 Å². The predicted octanol–water partition coefficient (Wildman–Crippen LogP) is 1.80. The van der Waals surface area contributed by atoms with E-state index in [-0.39, 0.29) is 18.0 Å². The lowest BCUT2D eigenvalue weighted by Gasteiger charge is -2.23. The Morgan fingerprint density at radius 3 is 2.73 bits per heavy atom. The number of hydrogen-bond acceptors (Lipinski definition) is 3. The summed E-state index contributed by atoms with van der Waals surface area (Å²) >= 11 is 0. The van der Waals surface area contributed by atoms with Crippen LogP contribution in [0.1, 0.15) is 12.5 Å². The van der Waals surface area contributed by atoms with Gasteiger partial charge in [0, 0.05) is 12.1 Å². The molecule has 1 aromatic carbocycles. The largest absolute Gasteiger partial charge is 0.504 e. The molecule has 0 aliphatic rings. The van der Waals surface area contributed by atoms with Gasteiger partial charge in [-0.3, -0.25) is 0 Å². The summed E-state index contributed by atoms with van der Waals surface area (Å²) in [6, 6.07) is 4.67. The van der Waals surface area contributed by atoms with Gasteiger partial charge in [-0.15, -0.1) is 0 Å². The van der Waals surface area contributed by atoms with Crippen molar-refractivity contribution < 1.29 is 14.2 Å². The minimum absolute atomic E-state index is 0.0463. The van der Waals surface area contributed by atoms with Crippen molar-refractivity contribution in [2.24, 2.45) is 0 Å². The molecule has 0 aromatic heterocycles. The first kappa shape index (κ1) is 11.8. The van der Waals surface area contributed by atoms with E-state index in [1.54, 1.807) is 19.2 Å². The summed E-state index contributed by atoms with van der Waals surface area (Å²) in [6.07, 6.45) is 0. The van der Waals surface area contributed by atoms with Crippen LogP contribution in [-0.2, 0) is 5.67 Å². The van der Waals surface area contributed by atoms with Crippen LogP contribution in [0, 0.1) is 0 Å². The summed E-state index contributed by atoms with van der Waals surface area (Å²) in [5.74, 6) is 0.146. The van der Waals surface area contributed by atoms with E-state index in [2.05, 4.69) is 5.32 Å². The zero-order valence-electron chi connectivity index (χ0n) is 9.17. The first-order valence-corrected chi connectivity index (χ1v) is 4.73. The van der Waals surface area contributed by atoms with Gasteiger partial charge in [-0.2, -0.15) is 0 Å². The van der Waals surface area contributed by atoms with Crippen LogP contribution >= 0.6 is 0 Å². The number of halogens is 1. The molecule has 1 aromatic rings. The third-order valence-electron chi connectivity index (χ3n) is 2.27. The molecule has 0 bridgehead atoms. The highest BCUT2D eigenvalue weighted by molar-refractivity contribution is 5.48. The number of ether oxygens (including phenoxy) is 1. The third kappa shape index (κ3) is 2.39. The van der Waals surface area contributed by atoms with Gasteiger partial charge in [-0.1, -0.05) is 12.1 Å². The fraction of sp³-hybridized carbons (Fsp3) is 0.455. The Kier molecular flexibility index (Phi) is 3.52. The van der Waals surface area contributed by atoms with Gasteiger partial charge in [0.15, 0.2) is 11.5 Å². The Morgan fingerprint density at radius 1 is 1.53 bits per heavy atom. The van der Waals surface area contributed by atoms with Gasteiger partial charge in [0.1, 0.15) is 5.67 Å². The molecule has 4 heteroatoms. The molecule has 3 nitrogen and oxygen atoms in total. The van der Waals surface area contributed by atoms with E-state index < -0.39 is 5.67 Å². The SMILES string of the molecule is CNCC(C)(F)c1cccc(O)c1OC. The van der Waals surface area contributed by atoms with Crippen LogP contribution in [0.4, 0.5) is 4.39 Å². The highest BCUT2D eigenvalue weighted by Crippen LogP contribution is 2.38. The molecule has 15 heavy (non-hydrogen) atoms. The number of methoxy groups -OCH3 is 1. The second-order valence-electron chi connectivity index (χ2n) is 3.59. The van der Waals surface area contributed by atoms with Crippen molar-refractivity contribution in [3.05, 3.63) is 23.8 Å². The summed E-state index contributed by atoms with van der Waals surface area (Å²) in [4.78, 5) is 0. The number of rotatable bonds is 4. The first-order chi connectivity index (χ1) is 7.03. The quantitative estimate of drug-likeness (QED) is 0.801. The fourth-order valence-electron chi connectivity index (χ4n) is 1.58. The average molecular weight is 213 g/mol. The molecule has 1 rings (SSSR count). The first-order valence-electron chi connectivity index (χ1n) is 4.73. The lowest BCUT2D eigenvalue weighted by atomic mass is 9.96. The van der Waals surface area contributed by atoms with Crippen LogP contribution in [0.15, 0.2) is 18.2 Å². The van der Waals surface area contributed by atoms with E-state index in [4.69, 9.17) is 4.74 Å². The summed E-state index contributed by atoms with van der Waals surface area (Å²) in [5.41, 5.74) is -1.22. The minimum atomic E-state index is -1.57. The normalized spacial score (nSPS) is 14.7. The molecular weight excluding hydrogens is 197 g/mol. The number of hydrogen-bond donors (Lipinski definition) is 2. The van der Waals surface area contributed by atoms with Crippen LogP contribution in [-0.4, -0.2) is 25.8 Å². The highest BCUT2D eigenvalue weighted by Gasteiger charge is 2.29. The highest BCUT2D eigenvalue weighted by atomic mass is 19.1. The van der Waals surface area contributed by atoms with Gasteiger partial charge in [-0.05, 0) is 20.0 Å². The van der Waals surface area contributed by atoms with Crippen molar-refractivity contribution in [1.29, 1.82) is 0 Å². The van der Waals surface area contributed by atoms with Gasteiger partial charge >= 0.3 is 0 Å². The number of phenols is 1. The monoisotopic (exact) mass is 213 g/mol. The van der Waals surface area contributed by atoms with Crippen LogP contribution in [0.5, 0.6) is 11.5 Å². The summed E-state index contributed by atoms with van der Waals surface area (Å²) in [6.45, 7) is 1.60. The zero-order chi connectivity index (χ0) is 11.5. The van der Waals surface area contributed by atoms with Gasteiger partial charge in [-0.25, -0.2) is 4.39 Å². The zero-order valence-corrected chi connectivity index (χ0v) is 9.17. The Morgan fingerprint density at radius 2 is 2.20 bits per heavy atom. The number of alkyl halides is 1. The summed E-state index contributed by atoms with van der Waals surface area (Å²) in [7, 11) is 3.08. The number of benzene rings is 1. The second kappa shape index (κ2) is 4.49. The third-order valence-corrected chi connectivity index (χ3v) is 2.27. The number of likely N-dealkylation sites (N-methyl/N-ethyl adjacent to an activating group) is 1. The summed E-state index contributed by atoms with van der Waals surface area (Å²) < 4.78 is 19.2. The van der Waals surface area contributed by atoms with Crippen molar-refractivity contribution in [2.45, 2.75) is 12.6 Å². The molecule has 2 N–H and O–H groups in total. The molecule has 0 aliphatic heterocycles. The van der Waals surface area contributed by atoms with Crippen molar-refractivity contribution in [2.75, 3.05) is 20.7 Å². The molecule has 0 saturated carbocycles. The number of nitrogens with one attached hydrogen (secondary N) is 1. The van der Waals surface area contributed by atoms with Crippen molar-refractivity contribution >= 4 is 0 Å². The maximum Gasteiger partial charge on any atom is 0.166 e. The molecule has 84 valence electrons. The van der Waals surface area contributed by atoms with E-state index >= 15 is 0 Å². The van der Waals surface area contributed by atoms with Crippen molar-refractivity contribution in [3.63, 3.8) is 0 Å². The molecule has 0 aliphatic carbocycles. The Balaban J connectivity index is 3.18. The topological polar surface area (TPSA) is 41.5 Å². The number of phenolic OH excluding ortho intramolecular Hbond substituents is 1.